The summed E-state index contributed by atoms with van der Waals surface area (Å²) in [5, 5.41) is 2.17. The van der Waals surface area contributed by atoms with E-state index in [4.69, 9.17) is 18.9 Å². The Labute approximate surface area is 233 Å². The summed E-state index contributed by atoms with van der Waals surface area (Å²) in [4.78, 5) is 25.2. The number of Topliss-reactive ketones (excluding diaryl/α,β-unsaturated/α-hetero) is 1. The van der Waals surface area contributed by atoms with Crippen LogP contribution in [0.3, 0.4) is 0 Å². The predicted octanol–water partition coefficient (Wildman–Crippen LogP) is 7.80. The van der Waals surface area contributed by atoms with Gasteiger partial charge in [-0.3, -0.25) is 9.59 Å². The van der Waals surface area contributed by atoms with Crippen LogP contribution in [0.25, 0.3) is 10.8 Å². The van der Waals surface area contributed by atoms with Crippen LogP contribution in [0.1, 0.15) is 89.5 Å². The fourth-order valence-electron chi connectivity index (χ4n) is 5.12. The van der Waals surface area contributed by atoms with Crippen LogP contribution in [0.4, 0.5) is 0 Å². The third-order valence-corrected chi connectivity index (χ3v) is 7.62. The van der Waals surface area contributed by atoms with Gasteiger partial charge in [-0.25, -0.2) is 0 Å². The Morgan fingerprint density at radius 3 is 2.13 bits per heavy atom. The fourth-order valence-corrected chi connectivity index (χ4v) is 5.12. The summed E-state index contributed by atoms with van der Waals surface area (Å²) in [5.74, 6) is 1.32. The standard InChI is InChI=1S/C33H44O6/c1-23-20-30(37-4)32(38-5)31(34)29(23)14-12-10-8-6-7-9-11-13-19-39-33(35)24(2)25-15-16-27-22-28(36-3)18-17-26(27)21-25/h15-18,21-22,24H,6-14,19-20H2,1-5H3/t24-/m1/s1. The molecule has 6 heteroatoms. The van der Waals surface area contributed by atoms with Gasteiger partial charge in [0, 0.05) is 12.0 Å². The zero-order valence-corrected chi connectivity index (χ0v) is 24.3. The molecule has 0 radical (unpaired) electrons. The number of ether oxygens (including phenoxy) is 4. The lowest BCUT2D eigenvalue weighted by molar-refractivity contribution is -0.145. The van der Waals surface area contributed by atoms with Crippen LogP contribution >= 0.6 is 0 Å². The number of benzene rings is 2. The minimum atomic E-state index is -0.293. The van der Waals surface area contributed by atoms with Crippen LogP contribution in [-0.4, -0.2) is 39.7 Å². The summed E-state index contributed by atoms with van der Waals surface area (Å²) in [7, 11) is 4.77. The molecule has 1 atom stereocenters. The van der Waals surface area contributed by atoms with Crippen LogP contribution in [0.5, 0.6) is 5.75 Å². The van der Waals surface area contributed by atoms with E-state index in [0.29, 0.717) is 24.5 Å². The van der Waals surface area contributed by atoms with Crippen molar-refractivity contribution in [3.05, 3.63) is 64.6 Å². The molecule has 1 aliphatic carbocycles. The van der Waals surface area contributed by atoms with E-state index in [0.717, 1.165) is 71.8 Å². The van der Waals surface area contributed by atoms with Gasteiger partial charge >= 0.3 is 5.97 Å². The molecule has 0 spiro atoms. The SMILES string of the molecule is COC1=C(OC)C(=O)C(CCCCCCCCCCOC(=O)[C@H](C)c2ccc3cc(OC)ccc3c2)=C(C)C1. The smallest absolute Gasteiger partial charge is 0.313 e. The first-order valence-corrected chi connectivity index (χ1v) is 14.2. The third-order valence-electron chi connectivity index (χ3n) is 7.62. The van der Waals surface area contributed by atoms with Crippen LogP contribution in [-0.2, 0) is 23.8 Å². The van der Waals surface area contributed by atoms with Crippen LogP contribution in [0.2, 0.25) is 0 Å². The van der Waals surface area contributed by atoms with Gasteiger partial charge in [0.25, 0.3) is 0 Å². The molecule has 1 aliphatic rings. The Balaban J connectivity index is 1.25. The van der Waals surface area contributed by atoms with E-state index < -0.39 is 0 Å². The molecule has 0 aliphatic heterocycles. The quantitative estimate of drug-likeness (QED) is 0.161. The molecule has 6 nitrogen and oxygen atoms in total. The summed E-state index contributed by atoms with van der Waals surface area (Å²) in [6, 6.07) is 12.0. The van der Waals surface area contributed by atoms with Gasteiger partial charge in [-0.15, -0.1) is 0 Å². The first kappa shape index (κ1) is 30.3. The van der Waals surface area contributed by atoms with Crippen molar-refractivity contribution in [3.8, 4) is 5.75 Å². The second-order valence-corrected chi connectivity index (χ2v) is 10.4. The number of ketones is 1. The summed E-state index contributed by atoms with van der Waals surface area (Å²) in [6.45, 7) is 4.39. The van der Waals surface area contributed by atoms with Gasteiger partial charge in [-0.1, -0.05) is 68.4 Å². The average molecular weight is 537 g/mol. The van der Waals surface area contributed by atoms with Crippen molar-refractivity contribution in [1.29, 1.82) is 0 Å². The lowest BCUT2D eigenvalue weighted by Gasteiger charge is -2.21. The van der Waals surface area contributed by atoms with Crippen molar-refractivity contribution in [2.24, 2.45) is 0 Å². The van der Waals surface area contributed by atoms with E-state index in [1.165, 1.54) is 26.4 Å². The molecule has 0 unspecified atom stereocenters. The molecule has 0 amide bonds. The van der Waals surface area contributed by atoms with E-state index in [9.17, 15) is 9.59 Å². The third kappa shape index (κ3) is 8.35. The van der Waals surface area contributed by atoms with Gasteiger partial charge < -0.3 is 18.9 Å². The van der Waals surface area contributed by atoms with Crippen LogP contribution in [0.15, 0.2) is 59.1 Å². The van der Waals surface area contributed by atoms with Crippen molar-refractivity contribution in [2.75, 3.05) is 27.9 Å². The zero-order valence-electron chi connectivity index (χ0n) is 24.3. The first-order valence-electron chi connectivity index (χ1n) is 14.2. The predicted molar refractivity (Wildman–Crippen MR) is 155 cm³/mol. The summed E-state index contributed by atoms with van der Waals surface area (Å²) in [6.07, 6.45) is 10.2. The average Bonchev–Trinajstić information content (AvgIpc) is 2.95. The molecule has 3 rings (SSSR count). The van der Waals surface area contributed by atoms with Gasteiger partial charge in [-0.2, -0.15) is 0 Å². The number of allylic oxidation sites excluding steroid dienone is 2. The van der Waals surface area contributed by atoms with Gasteiger partial charge in [0.1, 0.15) is 11.5 Å². The van der Waals surface area contributed by atoms with Gasteiger partial charge in [0.05, 0.1) is 33.9 Å². The van der Waals surface area contributed by atoms with Crippen molar-refractivity contribution < 1.29 is 28.5 Å². The molecule has 0 bridgehead atoms. The Bertz CT molecular complexity index is 1190. The van der Waals surface area contributed by atoms with Crippen molar-refractivity contribution in [3.63, 3.8) is 0 Å². The van der Waals surface area contributed by atoms with E-state index in [-0.39, 0.29) is 17.7 Å². The Kier molecular flexibility index (Phi) is 11.9. The summed E-state index contributed by atoms with van der Waals surface area (Å²) in [5.41, 5.74) is 2.94. The Morgan fingerprint density at radius 1 is 0.821 bits per heavy atom. The highest BCUT2D eigenvalue weighted by Gasteiger charge is 2.28. The minimum Gasteiger partial charge on any atom is -0.497 e. The second kappa shape index (κ2) is 15.3. The van der Waals surface area contributed by atoms with Gasteiger partial charge in [-0.05, 0) is 61.6 Å². The van der Waals surface area contributed by atoms with Gasteiger partial charge in [0.15, 0.2) is 0 Å². The van der Waals surface area contributed by atoms with E-state index in [2.05, 4.69) is 6.07 Å². The molecular formula is C33H44O6. The second-order valence-electron chi connectivity index (χ2n) is 10.4. The van der Waals surface area contributed by atoms with E-state index >= 15 is 0 Å². The summed E-state index contributed by atoms with van der Waals surface area (Å²) < 4.78 is 21.5. The molecule has 0 heterocycles. The number of unbranched alkanes of at least 4 members (excludes halogenated alkanes) is 7. The van der Waals surface area contributed by atoms with Crippen molar-refractivity contribution in [2.45, 2.75) is 84.0 Å². The molecule has 39 heavy (non-hydrogen) atoms. The maximum absolute atomic E-state index is 12.7. The highest BCUT2D eigenvalue weighted by atomic mass is 16.5. The monoisotopic (exact) mass is 536 g/mol. The maximum Gasteiger partial charge on any atom is 0.313 e. The number of hydrogen-bond acceptors (Lipinski definition) is 6. The topological polar surface area (TPSA) is 71.1 Å². The molecule has 0 N–H and O–H groups in total. The summed E-state index contributed by atoms with van der Waals surface area (Å²) >= 11 is 0. The number of esters is 1. The Morgan fingerprint density at radius 2 is 1.46 bits per heavy atom. The number of carbonyl (C=O) groups is 2. The minimum absolute atomic E-state index is 0.0218. The van der Waals surface area contributed by atoms with E-state index in [1.54, 1.807) is 14.2 Å². The molecule has 0 saturated carbocycles. The largest absolute Gasteiger partial charge is 0.497 e. The molecule has 2 aromatic rings. The Hall–Kier alpha value is -3.28. The number of hydrogen-bond donors (Lipinski definition) is 0. The zero-order chi connectivity index (χ0) is 28.2. The number of carbonyl (C=O) groups excluding carboxylic acids is 2. The van der Waals surface area contributed by atoms with Gasteiger partial charge in [0.2, 0.25) is 11.5 Å². The molecule has 0 saturated heterocycles. The fraction of sp³-hybridized carbons (Fsp3) is 0.515. The first-order chi connectivity index (χ1) is 18.9. The van der Waals surface area contributed by atoms with Crippen molar-refractivity contribution >= 4 is 22.5 Å². The highest BCUT2D eigenvalue weighted by molar-refractivity contribution is 6.08. The molecule has 0 aromatic heterocycles. The molecule has 0 fully saturated rings. The maximum atomic E-state index is 12.7. The number of fused-ring (bicyclic) bond motifs is 1. The van der Waals surface area contributed by atoms with Crippen molar-refractivity contribution in [1.82, 2.24) is 0 Å². The lowest BCUT2D eigenvalue weighted by atomic mass is 9.90. The molecule has 212 valence electrons. The van der Waals surface area contributed by atoms with E-state index in [1.807, 2.05) is 44.2 Å². The van der Waals surface area contributed by atoms with Crippen LogP contribution < -0.4 is 4.74 Å². The molecular weight excluding hydrogens is 492 g/mol. The normalized spacial score (nSPS) is 14.5. The number of rotatable bonds is 16. The highest BCUT2D eigenvalue weighted by Crippen LogP contribution is 2.31. The van der Waals surface area contributed by atoms with Crippen LogP contribution in [0, 0.1) is 0 Å². The number of methoxy groups -OCH3 is 3. The molecule has 2 aromatic carbocycles. The lowest BCUT2D eigenvalue weighted by Crippen LogP contribution is -2.18.